The van der Waals surface area contributed by atoms with E-state index in [1.54, 1.807) is 6.92 Å². The van der Waals surface area contributed by atoms with Crippen LogP contribution in [0.15, 0.2) is 48.5 Å². The highest BCUT2D eigenvalue weighted by molar-refractivity contribution is 5.80. The lowest BCUT2D eigenvalue weighted by atomic mass is 9.98. The molecule has 0 radical (unpaired) electrons. The van der Waals surface area contributed by atoms with E-state index < -0.39 is 24.1 Å². The number of ether oxygens (including phenoxy) is 2. The van der Waals surface area contributed by atoms with E-state index in [1.807, 2.05) is 24.3 Å². The summed E-state index contributed by atoms with van der Waals surface area (Å²) in [5.74, 6) is -2.05. The number of carbonyl (C=O) groups excluding carboxylic acids is 2. The Morgan fingerprint density at radius 2 is 1.70 bits per heavy atom. The SMILES string of the molecule is CC(CNC(=O)OCC1c2ccccc2-c2ccccc21)C(=O)NC[C@@H]1CCO[C@@H]1C(=O)O. The minimum atomic E-state index is -1.02. The van der Waals surface area contributed by atoms with Crippen molar-refractivity contribution < 1.29 is 29.0 Å². The number of carboxylic acid groups (broad SMARTS) is 1. The van der Waals surface area contributed by atoms with Crippen molar-refractivity contribution in [3.63, 3.8) is 0 Å². The van der Waals surface area contributed by atoms with Crippen LogP contribution in [0.3, 0.4) is 0 Å². The van der Waals surface area contributed by atoms with E-state index in [1.165, 1.54) is 0 Å². The quantitative estimate of drug-likeness (QED) is 0.568. The van der Waals surface area contributed by atoms with Gasteiger partial charge in [0, 0.05) is 31.5 Å². The van der Waals surface area contributed by atoms with Crippen molar-refractivity contribution in [1.29, 1.82) is 0 Å². The zero-order chi connectivity index (χ0) is 23.4. The second-order valence-corrected chi connectivity index (χ2v) is 8.53. The van der Waals surface area contributed by atoms with E-state index in [0.29, 0.717) is 13.0 Å². The number of alkyl carbamates (subject to hydrolysis) is 1. The molecule has 33 heavy (non-hydrogen) atoms. The highest BCUT2D eigenvalue weighted by Gasteiger charge is 2.34. The van der Waals surface area contributed by atoms with Gasteiger partial charge >= 0.3 is 12.1 Å². The lowest BCUT2D eigenvalue weighted by Gasteiger charge is -2.18. The van der Waals surface area contributed by atoms with Crippen LogP contribution in [0.2, 0.25) is 0 Å². The summed E-state index contributed by atoms with van der Waals surface area (Å²) >= 11 is 0. The van der Waals surface area contributed by atoms with Gasteiger partial charge in [0.15, 0.2) is 6.10 Å². The molecular formula is C25H28N2O6. The van der Waals surface area contributed by atoms with Crippen LogP contribution in [0, 0.1) is 11.8 Å². The van der Waals surface area contributed by atoms with Gasteiger partial charge in [0.05, 0.1) is 5.92 Å². The molecule has 1 saturated heterocycles. The van der Waals surface area contributed by atoms with Crippen molar-refractivity contribution in [2.45, 2.75) is 25.4 Å². The number of fused-ring (bicyclic) bond motifs is 3. The molecule has 3 atom stereocenters. The average Bonchev–Trinajstić information content (AvgIpc) is 3.42. The Kier molecular flexibility index (Phi) is 6.93. The number of amides is 2. The molecule has 2 aromatic rings. The Balaban J connectivity index is 1.24. The van der Waals surface area contributed by atoms with E-state index in [0.717, 1.165) is 22.3 Å². The Morgan fingerprint density at radius 3 is 2.33 bits per heavy atom. The number of aliphatic carboxylic acids is 1. The number of hydrogen-bond donors (Lipinski definition) is 3. The first-order valence-corrected chi connectivity index (χ1v) is 11.2. The van der Waals surface area contributed by atoms with Crippen LogP contribution >= 0.6 is 0 Å². The highest BCUT2D eigenvalue weighted by atomic mass is 16.5. The molecule has 0 bridgehead atoms. The molecule has 2 aliphatic rings. The van der Waals surface area contributed by atoms with E-state index in [2.05, 4.69) is 34.9 Å². The maximum Gasteiger partial charge on any atom is 0.407 e. The monoisotopic (exact) mass is 452 g/mol. The third-order valence-electron chi connectivity index (χ3n) is 6.34. The molecular weight excluding hydrogens is 424 g/mol. The molecule has 2 amide bonds. The summed E-state index contributed by atoms with van der Waals surface area (Å²) in [7, 11) is 0. The average molecular weight is 453 g/mol. The standard InChI is InChI=1S/C25H28N2O6/c1-15(23(28)26-13-16-10-11-32-22(16)24(29)30)12-27-25(31)33-14-21-19-8-4-2-6-17(19)18-7-3-5-9-20(18)21/h2-9,15-16,21-22H,10-14H2,1H3,(H,26,28)(H,27,31)(H,29,30)/t15?,16-,22-/m0/s1. The normalized spacial score (nSPS) is 19.9. The fourth-order valence-electron chi connectivity index (χ4n) is 4.50. The van der Waals surface area contributed by atoms with Gasteiger partial charge in [-0.2, -0.15) is 0 Å². The van der Waals surface area contributed by atoms with Crippen molar-refractivity contribution in [3.8, 4) is 11.1 Å². The maximum absolute atomic E-state index is 12.3. The Bertz CT molecular complexity index is 994. The number of hydrogen-bond acceptors (Lipinski definition) is 5. The van der Waals surface area contributed by atoms with E-state index in [-0.39, 0.29) is 37.4 Å². The highest BCUT2D eigenvalue weighted by Crippen LogP contribution is 2.44. The predicted octanol–water partition coefficient (Wildman–Crippen LogP) is 2.77. The number of nitrogens with one attached hydrogen (secondary N) is 2. The van der Waals surface area contributed by atoms with Gasteiger partial charge in [-0.3, -0.25) is 4.79 Å². The van der Waals surface area contributed by atoms with Crippen LogP contribution in [0.1, 0.15) is 30.4 Å². The summed E-state index contributed by atoms with van der Waals surface area (Å²) in [6, 6.07) is 16.2. The summed E-state index contributed by atoms with van der Waals surface area (Å²) in [6.07, 6.45) is -0.880. The zero-order valence-corrected chi connectivity index (χ0v) is 18.5. The molecule has 1 aliphatic carbocycles. The zero-order valence-electron chi connectivity index (χ0n) is 18.5. The molecule has 8 heteroatoms. The third-order valence-corrected chi connectivity index (χ3v) is 6.34. The minimum Gasteiger partial charge on any atom is -0.479 e. The molecule has 0 spiro atoms. The molecule has 1 heterocycles. The first-order chi connectivity index (χ1) is 16.0. The van der Waals surface area contributed by atoms with Crippen molar-refractivity contribution in [2.24, 2.45) is 11.8 Å². The van der Waals surface area contributed by atoms with Gasteiger partial charge in [-0.1, -0.05) is 55.5 Å². The number of carbonyl (C=O) groups is 3. The van der Waals surface area contributed by atoms with Gasteiger partial charge in [-0.25, -0.2) is 9.59 Å². The number of rotatable bonds is 8. The van der Waals surface area contributed by atoms with Crippen LogP contribution in [-0.4, -0.2) is 55.5 Å². The molecule has 2 aromatic carbocycles. The summed E-state index contributed by atoms with van der Waals surface area (Å²) in [5.41, 5.74) is 4.58. The second kappa shape index (κ2) is 10.0. The summed E-state index contributed by atoms with van der Waals surface area (Å²) in [4.78, 5) is 35.8. The van der Waals surface area contributed by atoms with Gasteiger partial charge < -0.3 is 25.2 Å². The van der Waals surface area contributed by atoms with Crippen LogP contribution in [0.5, 0.6) is 0 Å². The number of carboxylic acids is 1. The molecule has 4 rings (SSSR count). The van der Waals surface area contributed by atoms with Crippen molar-refractivity contribution in [1.82, 2.24) is 10.6 Å². The largest absolute Gasteiger partial charge is 0.479 e. The summed E-state index contributed by atoms with van der Waals surface area (Å²) in [6.45, 7) is 2.62. The molecule has 0 aromatic heterocycles. The number of benzene rings is 2. The molecule has 1 aliphatic heterocycles. The van der Waals surface area contributed by atoms with E-state index in [9.17, 15) is 14.4 Å². The van der Waals surface area contributed by atoms with Gasteiger partial charge in [-0.05, 0) is 28.7 Å². The van der Waals surface area contributed by atoms with Crippen LogP contribution < -0.4 is 10.6 Å². The van der Waals surface area contributed by atoms with Crippen LogP contribution in [0.4, 0.5) is 4.79 Å². The maximum atomic E-state index is 12.3. The van der Waals surface area contributed by atoms with Crippen LogP contribution in [-0.2, 0) is 19.1 Å². The van der Waals surface area contributed by atoms with Gasteiger partial charge in [-0.15, -0.1) is 0 Å². The fourth-order valence-corrected chi connectivity index (χ4v) is 4.50. The van der Waals surface area contributed by atoms with Crippen molar-refractivity contribution in [2.75, 3.05) is 26.3 Å². The van der Waals surface area contributed by atoms with Gasteiger partial charge in [0.25, 0.3) is 0 Å². The lowest BCUT2D eigenvalue weighted by Crippen LogP contribution is -2.41. The van der Waals surface area contributed by atoms with E-state index >= 15 is 0 Å². The lowest BCUT2D eigenvalue weighted by molar-refractivity contribution is -0.149. The molecule has 1 fully saturated rings. The third kappa shape index (κ3) is 5.01. The molecule has 174 valence electrons. The molecule has 0 saturated carbocycles. The summed E-state index contributed by atoms with van der Waals surface area (Å²) < 4.78 is 10.7. The minimum absolute atomic E-state index is 0.0281. The van der Waals surface area contributed by atoms with Gasteiger partial charge in [0.2, 0.25) is 5.91 Å². The first kappa shape index (κ1) is 22.8. The topological polar surface area (TPSA) is 114 Å². The molecule has 8 nitrogen and oxygen atoms in total. The summed E-state index contributed by atoms with van der Waals surface area (Å²) in [5, 5.41) is 14.5. The Morgan fingerprint density at radius 1 is 1.06 bits per heavy atom. The predicted molar refractivity (Wildman–Crippen MR) is 121 cm³/mol. The van der Waals surface area contributed by atoms with E-state index in [4.69, 9.17) is 14.6 Å². The smallest absolute Gasteiger partial charge is 0.407 e. The van der Waals surface area contributed by atoms with Crippen LogP contribution in [0.25, 0.3) is 11.1 Å². The Hall–Kier alpha value is -3.39. The molecule has 1 unspecified atom stereocenters. The molecule has 3 N–H and O–H groups in total. The fraction of sp³-hybridized carbons (Fsp3) is 0.400. The van der Waals surface area contributed by atoms with Crippen molar-refractivity contribution >= 4 is 18.0 Å². The van der Waals surface area contributed by atoms with Gasteiger partial charge in [0.1, 0.15) is 6.61 Å². The second-order valence-electron chi connectivity index (χ2n) is 8.53. The van der Waals surface area contributed by atoms with Crippen molar-refractivity contribution in [3.05, 3.63) is 59.7 Å². The Labute approximate surface area is 192 Å². The first-order valence-electron chi connectivity index (χ1n) is 11.2.